The number of anilines is 1. The molecule has 5 atom stereocenters. The summed E-state index contributed by atoms with van der Waals surface area (Å²) >= 11 is 0. The zero-order valence-electron chi connectivity index (χ0n) is 19.1. The highest BCUT2D eigenvalue weighted by Gasteiger charge is 2.47. The Hall–Kier alpha value is -2.29. The van der Waals surface area contributed by atoms with Crippen LogP contribution in [0.25, 0.3) is 0 Å². The molecule has 8 nitrogen and oxygen atoms in total. The average molecular weight is 443 g/mol. The molecule has 3 aliphatic rings. The number of nitrogens with one attached hydrogen (secondary N) is 2. The number of para-hydroxylation sites is 1. The molecule has 3 aliphatic heterocycles. The van der Waals surface area contributed by atoms with Crippen LogP contribution in [0.2, 0.25) is 0 Å². The van der Waals surface area contributed by atoms with E-state index >= 15 is 0 Å². The molecule has 2 amide bonds. The summed E-state index contributed by atoms with van der Waals surface area (Å²) in [5.74, 6) is -2.69. The summed E-state index contributed by atoms with van der Waals surface area (Å²) < 4.78 is 0. The second-order valence-electron chi connectivity index (χ2n) is 9.59. The number of ketones is 1. The van der Waals surface area contributed by atoms with Crippen molar-refractivity contribution in [2.45, 2.75) is 69.8 Å². The van der Waals surface area contributed by atoms with Gasteiger partial charge in [0.15, 0.2) is 11.7 Å². The number of aliphatic hydroxyl groups excluding tert-OH is 1. The molecule has 3 N–H and O–H groups in total. The fourth-order valence-corrected chi connectivity index (χ4v) is 5.70. The van der Waals surface area contributed by atoms with Crippen molar-refractivity contribution in [3.05, 3.63) is 29.8 Å². The van der Waals surface area contributed by atoms with Crippen molar-refractivity contribution in [3.8, 4) is 0 Å². The van der Waals surface area contributed by atoms with Crippen molar-refractivity contribution in [1.82, 2.24) is 15.5 Å². The van der Waals surface area contributed by atoms with E-state index in [1.807, 2.05) is 20.9 Å². The summed E-state index contributed by atoms with van der Waals surface area (Å²) in [6.07, 6.45) is 3.20. The Morgan fingerprint density at radius 2 is 1.81 bits per heavy atom. The van der Waals surface area contributed by atoms with Crippen molar-refractivity contribution in [2.75, 3.05) is 25.0 Å². The van der Waals surface area contributed by atoms with Gasteiger partial charge >= 0.3 is 0 Å². The number of aliphatic hydroxyl groups is 1. The number of benzene rings is 1. The Morgan fingerprint density at radius 1 is 1.16 bits per heavy atom. The van der Waals surface area contributed by atoms with Gasteiger partial charge in [0.25, 0.3) is 0 Å². The molecule has 2 fully saturated rings. The SMILES string of the molecule is CNCC(O)CN1[C@@H]2CC[C@H]1CC(NC(=O)C1C(=O)c3ccccc3N(C(C)C)C1=O)C2. The minimum absolute atomic E-state index is 0.0667. The summed E-state index contributed by atoms with van der Waals surface area (Å²) in [5, 5.41) is 16.2. The van der Waals surface area contributed by atoms with E-state index < -0.39 is 29.6 Å². The van der Waals surface area contributed by atoms with Gasteiger partial charge in [0, 0.05) is 42.8 Å². The lowest BCUT2D eigenvalue weighted by molar-refractivity contribution is -0.132. The van der Waals surface area contributed by atoms with E-state index in [0.29, 0.717) is 36.4 Å². The average Bonchev–Trinajstić information content (AvgIpc) is 2.96. The third-order valence-electron chi connectivity index (χ3n) is 7.05. The highest BCUT2D eigenvalue weighted by atomic mass is 16.3. The zero-order valence-corrected chi connectivity index (χ0v) is 19.1. The third-order valence-corrected chi connectivity index (χ3v) is 7.05. The van der Waals surface area contributed by atoms with E-state index in [9.17, 15) is 19.5 Å². The van der Waals surface area contributed by atoms with Crippen LogP contribution in [0.5, 0.6) is 0 Å². The summed E-state index contributed by atoms with van der Waals surface area (Å²) in [6.45, 7) is 4.94. The fourth-order valence-electron chi connectivity index (χ4n) is 5.70. The molecule has 0 saturated carbocycles. The summed E-state index contributed by atoms with van der Waals surface area (Å²) in [4.78, 5) is 43.4. The van der Waals surface area contributed by atoms with E-state index in [-0.39, 0.29) is 12.1 Å². The molecular formula is C24H34N4O4. The van der Waals surface area contributed by atoms with Crippen LogP contribution < -0.4 is 15.5 Å². The number of hydrogen-bond donors (Lipinski definition) is 3. The number of likely N-dealkylation sites (N-methyl/N-ethyl adjacent to an activating group) is 1. The Kier molecular flexibility index (Phi) is 6.65. The van der Waals surface area contributed by atoms with Gasteiger partial charge in [-0.15, -0.1) is 0 Å². The Balaban J connectivity index is 1.46. The maximum Gasteiger partial charge on any atom is 0.247 e. The van der Waals surface area contributed by atoms with E-state index in [2.05, 4.69) is 15.5 Å². The molecule has 2 bridgehead atoms. The fraction of sp³-hybridized carbons (Fsp3) is 0.625. The molecule has 3 heterocycles. The molecule has 1 aromatic carbocycles. The van der Waals surface area contributed by atoms with Gasteiger partial charge in [-0.05, 0) is 58.7 Å². The minimum atomic E-state index is -1.33. The van der Waals surface area contributed by atoms with Crippen molar-refractivity contribution >= 4 is 23.3 Å². The number of nitrogens with zero attached hydrogens (tertiary/aromatic N) is 2. The van der Waals surface area contributed by atoms with Crippen LogP contribution in [0.3, 0.4) is 0 Å². The van der Waals surface area contributed by atoms with Crippen molar-refractivity contribution in [3.63, 3.8) is 0 Å². The van der Waals surface area contributed by atoms with Crippen LogP contribution in [0.1, 0.15) is 49.9 Å². The van der Waals surface area contributed by atoms with Crippen LogP contribution in [0, 0.1) is 5.92 Å². The van der Waals surface area contributed by atoms with Gasteiger partial charge in [-0.25, -0.2) is 0 Å². The van der Waals surface area contributed by atoms with Crippen LogP contribution in [0.4, 0.5) is 5.69 Å². The highest BCUT2D eigenvalue weighted by Crippen LogP contribution is 2.37. The smallest absolute Gasteiger partial charge is 0.247 e. The highest BCUT2D eigenvalue weighted by molar-refractivity contribution is 6.31. The van der Waals surface area contributed by atoms with Crippen molar-refractivity contribution in [1.29, 1.82) is 0 Å². The summed E-state index contributed by atoms with van der Waals surface area (Å²) in [5.41, 5.74) is 1.00. The molecular weight excluding hydrogens is 408 g/mol. The quantitative estimate of drug-likeness (QED) is 0.543. The van der Waals surface area contributed by atoms with Crippen LogP contribution in [-0.2, 0) is 9.59 Å². The number of carbonyl (C=O) groups is 3. The lowest BCUT2D eigenvalue weighted by Gasteiger charge is -2.41. The number of carbonyl (C=O) groups excluding carboxylic acids is 3. The monoisotopic (exact) mass is 442 g/mol. The van der Waals surface area contributed by atoms with Gasteiger partial charge in [-0.1, -0.05) is 12.1 Å². The van der Waals surface area contributed by atoms with Crippen LogP contribution in [-0.4, -0.2) is 78.0 Å². The van der Waals surface area contributed by atoms with E-state index in [4.69, 9.17) is 0 Å². The predicted molar refractivity (Wildman–Crippen MR) is 121 cm³/mol. The number of piperidine rings is 1. The Labute approximate surface area is 189 Å². The zero-order chi connectivity index (χ0) is 23.0. The number of rotatable bonds is 7. The number of hydrogen-bond acceptors (Lipinski definition) is 6. The molecule has 1 aromatic rings. The van der Waals surface area contributed by atoms with Gasteiger partial charge in [0.05, 0.1) is 11.8 Å². The molecule has 2 saturated heterocycles. The molecule has 8 heteroatoms. The van der Waals surface area contributed by atoms with Crippen molar-refractivity contribution < 1.29 is 19.5 Å². The van der Waals surface area contributed by atoms with E-state index in [1.165, 1.54) is 0 Å². The van der Waals surface area contributed by atoms with E-state index in [1.54, 1.807) is 29.2 Å². The third kappa shape index (κ3) is 4.19. The normalized spacial score (nSPS) is 28.7. The molecule has 0 spiro atoms. The second kappa shape index (κ2) is 9.29. The van der Waals surface area contributed by atoms with Gasteiger partial charge in [0.2, 0.25) is 11.8 Å². The number of fused-ring (bicyclic) bond motifs is 3. The van der Waals surface area contributed by atoms with Crippen LogP contribution >= 0.6 is 0 Å². The molecule has 4 rings (SSSR count). The lowest BCUT2D eigenvalue weighted by Crippen LogP contribution is -2.57. The standard InChI is InChI=1S/C24H34N4O4/c1-14(2)28-20-7-5-4-6-19(20)22(30)21(24(28)32)23(31)26-15-10-16-8-9-17(11-15)27(16)13-18(29)12-25-3/h4-7,14-18,21,25,29H,8-13H2,1-3H3,(H,26,31)/t15?,16-,17+,18?,21?. The lowest BCUT2D eigenvalue weighted by atomic mass is 9.88. The van der Waals surface area contributed by atoms with Crippen LogP contribution in [0.15, 0.2) is 24.3 Å². The first-order valence-corrected chi connectivity index (χ1v) is 11.7. The topological polar surface area (TPSA) is 102 Å². The maximum atomic E-state index is 13.2. The first kappa shape index (κ1) is 22.9. The maximum absolute atomic E-state index is 13.2. The summed E-state index contributed by atoms with van der Waals surface area (Å²) in [7, 11) is 1.83. The number of Topliss-reactive ketones (excluding diaryl/α,β-unsaturated/α-hetero) is 1. The molecule has 0 aromatic heterocycles. The number of amides is 2. The minimum Gasteiger partial charge on any atom is -0.390 e. The second-order valence-corrected chi connectivity index (χ2v) is 9.59. The van der Waals surface area contributed by atoms with Gasteiger partial charge < -0.3 is 20.6 Å². The molecule has 3 unspecified atom stereocenters. The first-order chi connectivity index (χ1) is 15.3. The molecule has 32 heavy (non-hydrogen) atoms. The molecule has 0 aliphatic carbocycles. The Bertz CT molecular complexity index is 875. The van der Waals surface area contributed by atoms with E-state index in [0.717, 1.165) is 25.7 Å². The van der Waals surface area contributed by atoms with Gasteiger partial charge in [-0.2, -0.15) is 0 Å². The Morgan fingerprint density at radius 3 is 2.44 bits per heavy atom. The predicted octanol–water partition coefficient (Wildman–Crippen LogP) is 0.932. The molecule has 0 radical (unpaired) electrons. The van der Waals surface area contributed by atoms with Crippen molar-refractivity contribution in [2.24, 2.45) is 5.92 Å². The van der Waals surface area contributed by atoms with Gasteiger partial charge in [0.1, 0.15) is 0 Å². The molecule has 174 valence electrons. The largest absolute Gasteiger partial charge is 0.390 e. The first-order valence-electron chi connectivity index (χ1n) is 11.7. The van der Waals surface area contributed by atoms with Gasteiger partial charge in [-0.3, -0.25) is 19.3 Å². The summed E-state index contributed by atoms with van der Waals surface area (Å²) in [6, 6.07) is 7.39.